The Hall–Kier alpha value is -3.01. The molecule has 0 saturated heterocycles. The van der Waals surface area contributed by atoms with E-state index < -0.39 is 34.5 Å². The molecule has 0 spiro atoms. The molecule has 34 heavy (non-hydrogen) atoms. The Balaban J connectivity index is 1.47. The zero-order valence-corrected chi connectivity index (χ0v) is 20.6. The highest BCUT2D eigenvalue weighted by molar-refractivity contribution is 7.91. The van der Waals surface area contributed by atoms with Gasteiger partial charge in [-0.1, -0.05) is 42.5 Å². The Morgan fingerprint density at radius 3 is 2.65 bits per heavy atom. The van der Waals surface area contributed by atoms with Crippen molar-refractivity contribution < 1.29 is 22.7 Å². The van der Waals surface area contributed by atoms with Crippen molar-refractivity contribution in [3.05, 3.63) is 82.2 Å². The third kappa shape index (κ3) is 5.06. The number of nitrogens with one attached hydrogen (secondary N) is 1. The monoisotopic (exact) mass is 498 g/mol. The minimum atomic E-state index is -3.77. The first-order valence-electron chi connectivity index (χ1n) is 10.9. The van der Waals surface area contributed by atoms with E-state index in [4.69, 9.17) is 4.74 Å². The lowest BCUT2D eigenvalue weighted by Gasteiger charge is -2.35. The van der Waals surface area contributed by atoms with Crippen LogP contribution in [0.2, 0.25) is 0 Å². The number of hydrogen-bond acceptors (Lipinski definition) is 6. The molecule has 0 unspecified atom stereocenters. The summed E-state index contributed by atoms with van der Waals surface area (Å²) in [6.45, 7) is 3.67. The van der Waals surface area contributed by atoms with Crippen molar-refractivity contribution in [2.24, 2.45) is 0 Å². The van der Waals surface area contributed by atoms with Crippen LogP contribution < -0.4 is 5.32 Å². The largest absolute Gasteiger partial charge is 0.456 e. The summed E-state index contributed by atoms with van der Waals surface area (Å²) in [5.41, 5.74) is 4.43. The molecular formula is C25H26N2O5S2. The maximum Gasteiger partial charge on any atom is 0.308 e. The highest BCUT2D eigenvalue weighted by Gasteiger charge is 2.38. The molecule has 1 N–H and O–H groups in total. The predicted octanol–water partition coefficient (Wildman–Crippen LogP) is 4.23. The lowest BCUT2D eigenvalue weighted by molar-refractivity contribution is -0.148. The number of thiophene rings is 1. The molecule has 1 aliphatic rings. The fourth-order valence-electron chi connectivity index (χ4n) is 4.09. The van der Waals surface area contributed by atoms with Crippen LogP contribution in [0.3, 0.4) is 0 Å². The van der Waals surface area contributed by atoms with Crippen LogP contribution in [0, 0.1) is 13.8 Å². The summed E-state index contributed by atoms with van der Waals surface area (Å²) in [7, 11) is -3.77. The zero-order valence-electron chi connectivity index (χ0n) is 19.0. The summed E-state index contributed by atoms with van der Waals surface area (Å²) in [5, 5.41) is 4.47. The summed E-state index contributed by atoms with van der Waals surface area (Å²) in [6.07, 6.45) is 0.378. The zero-order chi connectivity index (χ0) is 24.3. The Bertz CT molecular complexity index is 1300. The van der Waals surface area contributed by atoms with E-state index in [1.165, 1.54) is 4.31 Å². The van der Waals surface area contributed by atoms with Crippen LogP contribution in [0.5, 0.6) is 0 Å². The smallest absolute Gasteiger partial charge is 0.308 e. The summed E-state index contributed by atoms with van der Waals surface area (Å²) < 4.78 is 33.5. The topological polar surface area (TPSA) is 92.8 Å². The van der Waals surface area contributed by atoms with E-state index >= 15 is 0 Å². The van der Waals surface area contributed by atoms with Crippen LogP contribution in [0.15, 0.2) is 64.2 Å². The number of nitrogens with zero attached hydrogens (tertiary/aromatic N) is 1. The van der Waals surface area contributed by atoms with Crippen molar-refractivity contribution in [1.82, 2.24) is 4.31 Å². The van der Waals surface area contributed by atoms with Crippen molar-refractivity contribution in [3.63, 3.8) is 0 Å². The van der Waals surface area contributed by atoms with Gasteiger partial charge in [0.15, 0.2) is 6.61 Å². The number of carbonyl (C=O) groups is 2. The van der Waals surface area contributed by atoms with E-state index in [-0.39, 0.29) is 17.2 Å². The lowest BCUT2D eigenvalue weighted by Crippen LogP contribution is -2.41. The molecule has 0 aliphatic carbocycles. The average Bonchev–Trinajstić information content (AvgIpc) is 3.37. The van der Waals surface area contributed by atoms with E-state index in [0.29, 0.717) is 12.1 Å². The summed E-state index contributed by atoms with van der Waals surface area (Å²) in [6, 6.07) is 15.6. The van der Waals surface area contributed by atoms with Gasteiger partial charge in [0.2, 0.25) is 0 Å². The second kappa shape index (κ2) is 10.1. The number of amides is 1. The molecule has 7 nitrogen and oxygen atoms in total. The van der Waals surface area contributed by atoms with Crippen molar-refractivity contribution in [2.75, 3.05) is 18.5 Å². The van der Waals surface area contributed by atoms with E-state index in [0.717, 1.165) is 33.6 Å². The number of rotatable bonds is 7. The second-order valence-electron chi connectivity index (χ2n) is 8.17. The van der Waals surface area contributed by atoms with Crippen LogP contribution in [0.25, 0.3) is 0 Å². The van der Waals surface area contributed by atoms with Gasteiger partial charge in [0.25, 0.3) is 15.9 Å². The summed E-state index contributed by atoms with van der Waals surface area (Å²) in [4.78, 5) is 25.1. The number of anilines is 1. The van der Waals surface area contributed by atoms with E-state index in [2.05, 4.69) is 5.32 Å². The first-order valence-corrected chi connectivity index (χ1v) is 13.2. The molecule has 3 aromatic rings. The number of carbonyl (C=O) groups excluding carboxylic acids is 2. The van der Waals surface area contributed by atoms with Gasteiger partial charge in [0.1, 0.15) is 4.21 Å². The number of fused-ring (bicyclic) bond motifs is 1. The molecule has 0 saturated carbocycles. The third-order valence-corrected chi connectivity index (χ3v) is 9.31. The summed E-state index contributed by atoms with van der Waals surface area (Å²) in [5.74, 6) is -1.08. The number of hydrogen-bond donors (Lipinski definition) is 1. The Morgan fingerprint density at radius 2 is 1.88 bits per heavy atom. The second-order valence-corrected chi connectivity index (χ2v) is 11.2. The number of aryl methyl sites for hydroxylation is 1. The van der Waals surface area contributed by atoms with Gasteiger partial charge in [-0.15, -0.1) is 11.3 Å². The fraction of sp³-hybridized carbons (Fsp3) is 0.280. The first-order chi connectivity index (χ1) is 16.3. The molecule has 178 valence electrons. The van der Waals surface area contributed by atoms with Crippen LogP contribution in [0.1, 0.15) is 34.7 Å². The normalized spacial score (nSPS) is 16.0. The molecule has 2 heterocycles. The van der Waals surface area contributed by atoms with Crippen LogP contribution in [-0.4, -0.2) is 37.8 Å². The maximum atomic E-state index is 13.3. The van der Waals surface area contributed by atoms with Gasteiger partial charge in [0.05, 0.1) is 12.5 Å². The number of ether oxygens (including phenoxy) is 1. The molecule has 0 fully saturated rings. The Kier molecular flexibility index (Phi) is 7.16. The number of esters is 1. The minimum absolute atomic E-state index is 0.182. The van der Waals surface area contributed by atoms with Crippen molar-refractivity contribution in [1.29, 1.82) is 0 Å². The molecule has 1 aromatic heterocycles. The maximum absolute atomic E-state index is 13.3. The van der Waals surface area contributed by atoms with Gasteiger partial charge in [-0.05, 0) is 60.0 Å². The molecular weight excluding hydrogens is 472 g/mol. The van der Waals surface area contributed by atoms with E-state index in [1.807, 2.05) is 50.2 Å². The van der Waals surface area contributed by atoms with E-state index in [1.54, 1.807) is 23.6 Å². The van der Waals surface area contributed by atoms with Gasteiger partial charge >= 0.3 is 5.97 Å². The molecule has 4 rings (SSSR count). The average molecular weight is 499 g/mol. The molecule has 1 atom stereocenters. The van der Waals surface area contributed by atoms with Crippen LogP contribution in [0.4, 0.5) is 5.69 Å². The molecule has 1 amide bonds. The van der Waals surface area contributed by atoms with E-state index in [9.17, 15) is 18.0 Å². The third-order valence-electron chi connectivity index (χ3n) is 6.02. The predicted molar refractivity (Wildman–Crippen MR) is 131 cm³/mol. The van der Waals surface area contributed by atoms with Crippen LogP contribution in [-0.2, 0) is 30.8 Å². The van der Waals surface area contributed by atoms with Crippen molar-refractivity contribution in [2.45, 2.75) is 36.9 Å². The highest BCUT2D eigenvalue weighted by Crippen LogP contribution is 2.37. The van der Waals surface area contributed by atoms with Gasteiger partial charge < -0.3 is 10.1 Å². The number of sulfonamides is 1. The Labute approximate surface area is 203 Å². The molecule has 9 heteroatoms. The number of benzene rings is 2. The Morgan fingerprint density at radius 1 is 1.09 bits per heavy atom. The highest BCUT2D eigenvalue weighted by atomic mass is 32.2. The van der Waals surface area contributed by atoms with Crippen molar-refractivity contribution >= 4 is 38.9 Å². The lowest BCUT2D eigenvalue weighted by atomic mass is 9.92. The van der Waals surface area contributed by atoms with Gasteiger partial charge in [-0.25, -0.2) is 8.42 Å². The van der Waals surface area contributed by atoms with Crippen molar-refractivity contribution in [3.8, 4) is 0 Å². The molecule has 1 aliphatic heterocycles. The molecule has 0 radical (unpaired) electrons. The first kappa shape index (κ1) is 24.1. The molecule has 0 bridgehead atoms. The SMILES string of the molecule is Cc1cccc(NC(=O)COC(=O)C[C@@H]2c3ccccc3CCN2S(=O)(=O)c2cccs2)c1C. The van der Waals surface area contributed by atoms with Gasteiger partial charge in [-0.3, -0.25) is 9.59 Å². The summed E-state index contributed by atoms with van der Waals surface area (Å²) >= 11 is 1.14. The minimum Gasteiger partial charge on any atom is -0.456 e. The van der Waals surface area contributed by atoms with Gasteiger partial charge in [0, 0.05) is 12.2 Å². The molecule has 2 aromatic carbocycles. The van der Waals surface area contributed by atoms with Gasteiger partial charge in [-0.2, -0.15) is 4.31 Å². The van der Waals surface area contributed by atoms with Crippen LogP contribution >= 0.6 is 11.3 Å². The quantitative estimate of drug-likeness (QED) is 0.492. The standard InChI is InChI=1S/C25H26N2O5S2/c1-17-7-5-10-21(18(17)2)26-23(28)16-32-24(29)15-22-20-9-4-3-8-19(20)12-13-27(22)34(30,31)25-11-6-14-33-25/h3-11,14,22H,12-13,15-16H2,1-2H3,(H,26,28)/t22-/m1/s1. The fourth-order valence-corrected chi connectivity index (χ4v) is 6.81.